The zero-order valence-corrected chi connectivity index (χ0v) is 18.5. The average molecular weight is 450 g/mol. The van der Waals surface area contributed by atoms with Crippen molar-refractivity contribution in [2.24, 2.45) is 5.10 Å². The summed E-state index contributed by atoms with van der Waals surface area (Å²) in [4.78, 5) is 40.1. The third-order valence-corrected chi connectivity index (χ3v) is 6.71. The van der Waals surface area contributed by atoms with Crippen molar-refractivity contribution in [3.8, 4) is 5.75 Å². The second-order valence-electron chi connectivity index (χ2n) is 8.71. The number of carbonyl (C=O) groups excluding carboxylic acids is 3. The van der Waals surface area contributed by atoms with Gasteiger partial charge in [0, 0.05) is 6.42 Å². The number of amides is 4. The zero-order valence-electron chi connectivity index (χ0n) is 18.5. The third-order valence-electron chi connectivity index (χ3n) is 6.71. The van der Waals surface area contributed by atoms with E-state index in [2.05, 4.69) is 10.4 Å². The fourth-order valence-electron chi connectivity index (χ4n) is 4.92. The predicted octanol–water partition coefficient (Wildman–Crippen LogP) is 3.22. The SMILES string of the molecule is COc1ccc(C2=NN(C(=O)CN3C(=O)NC4(CCCCC4)C3=O)C(c3ccco3)C2)cc1. The maximum atomic E-state index is 13.3. The van der Waals surface area contributed by atoms with E-state index >= 15 is 0 Å². The van der Waals surface area contributed by atoms with E-state index in [9.17, 15) is 14.4 Å². The smallest absolute Gasteiger partial charge is 0.325 e. The van der Waals surface area contributed by atoms with Crippen LogP contribution in [0.15, 0.2) is 52.2 Å². The number of urea groups is 1. The van der Waals surface area contributed by atoms with Crippen LogP contribution in [0.3, 0.4) is 0 Å². The number of hydrazone groups is 1. The van der Waals surface area contributed by atoms with Crippen molar-refractivity contribution in [3.05, 3.63) is 54.0 Å². The predicted molar refractivity (Wildman–Crippen MR) is 119 cm³/mol. The molecule has 172 valence electrons. The van der Waals surface area contributed by atoms with Gasteiger partial charge in [0.1, 0.15) is 29.6 Å². The number of furan rings is 1. The molecule has 0 radical (unpaired) electrons. The number of hydrogen-bond donors (Lipinski definition) is 1. The van der Waals surface area contributed by atoms with Gasteiger partial charge in [-0.15, -0.1) is 0 Å². The molecule has 33 heavy (non-hydrogen) atoms. The van der Waals surface area contributed by atoms with Gasteiger partial charge in [-0.2, -0.15) is 5.10 Å². The summed E-state index contributed by atoms with van der Waals surface area (Å²) in [6.45, 7) is -0.358. The molecule has 4 amide bonds. The molecule has 3 aliphatic rings. The number of imide groups is 1. The molecule has 0 bridgehead atoms. The van der Waals surface area contributed by atoms with E-state index in [1.807, 2.05) is 24.3 Å². The maximum Gasteiger partial charge on any atom is 0.325 e. The van der Waals surface area contributed by atoms with Crippen molar-refractivity contribution in [1.82, 2.24) is 15.2 Å². The highest BCUT2D eigenvalue weighted by Crippen LogP contribution is 2.36. The molecule has 1 aromatic carbocycles. The molecule has 1 atom stereocenters. The highest BCUT2D eigenvalue weighted by molar-refractivity contribution is 6.09. The lowest BCUT2D eigenvalue weighted by molar-refractivity contribution is -0.140. The Balaban J connectivity index is 1.38. The van der Waals surface area contributed by atoms with Gasteiger partial charge in [0.15, 0.2) is 0 Å². The molecular weight excluding hydrogens is 424 g/mol. The van der Waals surface area contributed by atoms with Crippen molar-refractivity contribution >= 4 is 23.6 Å². The molecule has 9 heteroatoms. The summed E-state index contributed by atoms with van der Waals surface area (Å²) < 4.78 is 10.8. The van der Waals surface area contributed by atoms with Crippen LogP contribution in [0.5, 0.6) is 5.75 Å². The van der Waals surface area contributed by atoms with Gasteiger partial charge in [0.05, 0.1) is 19.1 Å². The summed E-state index contributed by atoms with van der Waals surface area (Å²) in [5, 5.41) is 8.77. The van der Waals surface area contributed by atoms with E-state index in [-0.39, 0.29) is 12.5 Å². The molecular formula is C24H26N4O5. The first-order valence-corrected chi connectivity index (χ1v) is 11.2. The molecule has 2 aromatic rings. The van der Waals surface area contributed by atoms with Crippen LogP contribution in [0.4, 0.5) is 4.79 Å². The Labute approximate surface area is 191 Å². The Morgan fingerprint density at radius 2 is 1.94 bits per heavy atom. The highest BCUT2D eigenvalue weighted by atomic mass is 16.5. The van der Waals surface area contributed by atoms with Crippen LogP contribution in [-0.2, 0) is 9.59 Å². The van der Waals surface area contributed by atoms with Crippen LogP contribution < -0.4 is 10.1 Å². The third kappa shape index (κ3) is 3.77. The second kappa shape index (κ2) is 8.38. The average Bonchev–Trinajstić information content (AvgIpc) is 3.56. The summed E-state index contributed by atoms with van der Waals surface area (Å²) >= 11 is 0. The van der Waals surface area contributed by atoms with E-state index in [4.69, 9.17) is 9.15 Å². The second-order valence-corrected chi connectivity index (χ2v) is 8.71. The lowest BCUT2D eigenvalue weighted by Gasteiger charge is -2.30. The number of hydrogen-bond acceptors (Lipinski definition) is 6. The molecule has 1 saturated heterocycles. The van der Waals surface area contributed by atoms with E-state index in [0.717, 1.165) is 35.5 Å². The molecule has 3 heterocycles. The topological polar surface area (TPSA) is 104 Å². The fourth-order valence-corrected chi connectivity index (χ4v) is 4.92. The molecule has 1 saturated carbocycles. The first-order valence-electron chi connectivity index (χ1n) is 11.2. The molecule has 2 fully saturated rings. The van der Waals surface area contributed by atoms with Crippen LogP contribution >= 0.6 is 0 Å². The Hall–Kier alpha value is -3.62. The number of benzene rings is 1. The number of nitrogens with one attached hydrogen (secondary N) is 1. The number of nitrogens with zero attached hydrogens (tertiary/aromatic N) is 3. The van der Waals surface area contributed by atoms with Crippen LogP contribution in [0.25, 0.3) is 0 Å². The highest BCUT2D eigenvalue weighted by Gasteiger charge is 2.52. The molecule has 1 unspecified atom stereocenters. The molecule has 9 nitrogen and oxygen atoms in total. The number of carbonyl (C=O) groups is 3. The summed E-state index contributed by atoms with van der Waals surface area (Å²) in [6.07, 6.45) is 6.04. The van der Waals surface area contributed by atoms with Crippen molar-refractivity contribution in [1.29, 1.82) is 0 Å². The Bertz CT molecular complexity index is 1090. The van der Waals surface area contributed by atoms with Gasteiger partial charge in [-0.1, -0.05) is 19.3 Å². The van der Waals surface area contributed by atoms with Gasteiger partial charge in [0.25, 0.3) is 11.8 Å². The first kappa shape index (κ1) is 21.2. The van der Waals surface area contributed by atoms with Gasteiger partial charge >= 0.3 is 6.03 Å². The van der Waals surface area contributed by atoms with Crippen LogP contribution in [0.1, 0.15) is 55.9 Å². The number of rotatable bonds is 5. The minimum absolute atomic E-state index is 0.311. The summed E-state index contributed by atoms with van der Waals surface area (Å²) in [5.41, 5.74) is 0.714. The van der Waals surface area contributed by atoms with E-state index in [1.165, 1.54) is 5.01 Å². The molecule has 2 aliphatic heterocycles. The van der Waals surface area contributed by atoms with E-state index in [0.29, 0.717) is 30.7 Å². The maximum absolute atomic E-state index is 13.3. The summed E-state index contributed by atoms with van der Waals surface area (Å²) in [5.74, 6) is 0.574. The zero-order chi connectivity index (χ0) is 23.0. The quantitative estimate of drug-likeness (QED) is 0.705. The van der Waals surface area contributed by atoms with Gasteiger partial charge in [-0.25, -0.2) is 9.80 Å². The number of ether oxygens (including phenoxy) is 1. The first-order chi connectivity index (χ1) is 16.0. The van der Waals surface area contributed by atoms with Crippen LogP contribution in [0.2, 0.25) is 0 Å². The Kier molecular flexibility index (Phi) is 5.39. The van der Waals surface area contributed by atoms with Crippen molar-refractivity contribution in [2.45, 2.75) is 50.1 Å². The lowest BCUT2D eigenvalue weighted by Crippen LogP contribution is -2.49. The number of methoxy groups -OCH3 is 1. The fraction of sp³-hybridized carbons (Fsp3) is 0.417. The van der Waals surface area contributed by atoms with Gasteiger partial charge in [0.2, 0.25) is 0 Å². The van der Waals surface area contributed by atoms with E-state index < -0.39 is 23.5 Å². The summed E-state index contributed by atoms with van der Waals surface area (Å²) in [7, 11) is 1.60. The van der Waals surface area contributed by atoms with E-state index in [1.54, 1.807) is 25.5 Å². The lowest BCUT2D eigenvalue weighted by atomic mass is 9.82. The minimum Gasteiger partial charge on any atom is -0.497 e. The standard InChI is InChI=1S/C24H26N4O5/c1-32-17-9-7-16(8-10-17)18-14-19(20-6-5-13-33-20)28(26-18)21(29)15-27-22(30)24(25-23(27)31)11-3-2-4-12-24/h5-10,13,19H,2-4,11-12,14-15H2,1H3,(H,25,31). The Morgan fingerprint density at radius 1 is 1.18 bits per heavy atom. The normalized spacial score (nSPS) is 22.0. The molecule has 1 aliphatic carbocycles. The minimum atomic E-state index is -0.863. The van der Waals surface area contributed by atoms with Crippen LogP contribution in [-0.4, -0.2) is 52.7 Å². The Morgan fingerprint density at radius 3 is 2.61 bits per heavy atom. The van der Waals surface area contributed by atoms with Gasteiger partial charge < -0.3 is 14.5 Å². The molecule has 5 rings (SSSR count). The molecule has 1 aromatic heterocycles. The van der Waals surface area contributed by atoms with Crippen molar-refractivity contribution < 1.29 is 23.5 Å². The molecule has 1 spiro atoms. The summed E-state index contributed by atoms with van der Waals surface area (Å²) in [6, 6.07) is 10.0. The van der Waals surface area contributed by atoms with Crippen molar-refractivity contribution in [2.75, 3.05) is 13.7 Å². The largest absolute Gasteiger partial charge is 0.497 e. The van der Waals surface area contributed by atoms with Crippen LogP contribution in [0, 0.1) is 0 Å². The van der Waals surface area contributed by atoms with Crippen molar-refractivity contribution in [3.63, 3.8) is 0 Å². The van der Waals surface area contributed by atoms with Gasteiger partial charge in [-0.3, -0.25) is 14.5 Å². The van der Waals surface area contributed by atoms with Gasteiger partial charge in [-0.05, 0) is 54.8 Å². The molecule has 1 N–H and O–H groups in total. The monoisotopic (exact) mass is 450 g/mol.